The Hall–Kier alpha value is -4.15. The summed E-state index contributed by atoms with van der Waals surface area (Å²) in [5.41, 5.74) is 6.76. The largest absolute Gasteiger partial charge is 0.477 e. The molecule has 2 aliphatic heterocycles. The first-order valence-corrected chi connectivity index (χ1v) is 12.0. The predicted molar refractivity (Wildman–Crippen MR) is 131 cm³/mol. The second-order valence-electron chi connectivity index (χ2n) is 7.15. The molecule has 35 heavy (non-hydrogen) atoms. The van der Waals surface area contributed by atoms with Crippen LogP contribution < -0.4 is 11.1 Å². The molecular formula is C22H18N6O5S2. The van der Waals surface area contributed by atoms with Crippen LogP contribution in [0.4, 0.5) is 5.13 Å². The van der Waals surface area contributed by atoms with E-state index in [4.69, 9.17) is 17.0 Å². The van der Waals surface area contributed by atoms with Crippen LogP contribution in [-0.4, -0.2) is 67.2 Å². The number of fused-ring (bicyclic) bond motifs is 1. The van der Waals surface area contributed by atoms with Gasteiger partial charge in [0, 0.05) is 23.5 Å². The molecule has 1 saturated heterocycles. The molecule has 4 heterocycles. The highest BCUT2D eigenvalue weighted by atomic mass is 32.2. The van der Waals surface area contributed by atoms with Gasteiger partial charge in [-0.3, -0.25) is 19.5 Å². The van der Waals surface area contributed by atoms with Gasteiger partial charge in [0.25, 0.3) is 11.8 Å². The average Bonchev–Trinajstić information content (AvgIpc) is 3.29. The van der Waals surface area contributed by atoms with Gasteiger partial charge < -0.3 is 21.0 Å². The Balaban J connectivity index is 1.53. The monoisotopic (exact) mass is 510 g/mol. The smallest absolute Gasteiger partial charge is 0.352 e. The molecule has 13 heteroatoms. The van der Waals surface area contributed by atoms with Gasteiger partial charge in [0.2, 0.25) is 0 Å². The van der Waals surface area contributed by atoms with E-state index in [1.54, 1.807) is 30.6 Å². The number of hydrogen-bond donors (Lipinski definition) is 3. The number of terminal acetylenes is 1. The molecule has 11 nitrogen and oxygen atoms in total. The number of carboxylic acids is 1. The van der Waals surface area contributed by atoms with E-state index in [-0.39, 0.29) is 28.8 Å². The molecule has 2 amide bonds. The van der Waals surface area contributed by atoms with Crippen molar-refractivity contribution < 1.29 is 24.3 Å². The number of pyridine rings is 1. The molecule has 178 valence electrons. The second kappa shape index (κ2) is 10.4. The maximum absolute atomic E-state index is 12.9. The van der Waals surface area contributed by atoms with Gasteiger partial charge in [-0.1, -0.05) is 29.3 Å². The molecule has 2 aromatic heterocycles. The lowest BCUT2D eigenvalue weighted by molar-refractivity contribution is -0.150. The number of aliphatic carboxylic acids is 1. The van der Waals surface area contributed by atoms with Crippen LogP contribution in [0.5, 0.6) is 0 Å². The van der Waals surface area contributed by atoms with Crippen molar-refractivity contribution in [1.82, 2.24) is 20.2 Å². The Morgan fingerprint density at radius 2 is 2.29 bits per heavy atom. The van der Waals surface area contributed by atoms with E-state index in [0.29, 0.717) is 11.3 Å². The minimum absolute atomic E-state index is 0.122. The van der Waals surface area contributed by atoms with E-state index < -0.39 is 29.2 Å². The van der Waals surface area contributed by atoms with Crippen LogP contribution in [0.25, 0.3) is 6.08 Å². The Morgan fingerprint density at radius 1 is 1.46 bits per heavy atom. The third kappa shape index (κ3) is 5.03. The zero-order chi connectivity index (χ0) is 24.9. The number of carbonyl (C=O) groups excluding carboxylic acids is 2. The number of nitrogens with zero attached hydrogens (tertiary/aromatic N) is 4. The average molecular weight is 511 g/mol. The van der Waals surface area contributed by atoms with Crippen LogP contribution in [0, 0.1) is 12.3 Å². The lowest BCUT2D eigenvalue weighted by Crippen LogP contribution is -2.71. The maximum Gasteiger partial charge on any atom is 0.352 e. The number of allylic oxidation sites excluding steroid dienone is 1. The van der Waals surface area contributed by atoms with Crippen molar-refractivity contribution in [2.45, 2.75) is 11.4 Å². The lowest BCUT2D eigenvalue weighted by atomic mass is 10.0. The summed E-state index contributed by atoms with van der Waals surface area (Å²) in [6.45, 7) is -0.173. The van der Waals surface area contributed by atoms with Crippen molar-refractivity contribution in [3.05, 3.63) is 58.5 Å². The predicted octanol–water partition coefficient (Wildman–Crippen LogP) is 0.926. The van der Waals surface area contributed by atoms with E-state index in [2.05, 4.69) is 26.4 Å². The summed E-state index contributed by atoms with van der Waals surface area (Å²) in [7, 11) is 0. The minimum atomic E-state index is -1.23. The third-order valence-corrected chi connectivity index (χ3v) is 6.91. The number of thiazole rings is 1. The topological polar surface area (TPSA) is 160 Å². The number of β-lactam (4-membered cyclic amide) rings is 1. The van der Waals surface area contributed by atoms with Gasteiger partial charge in [0.1, 0.15) is 22.8 Å². The number of carbonyl (C=O) groups is 3. The fraction of sp³-hybridized carbons (Fsp3) is 0.182. The van der Waals surface area contributed by atoms with Crippen molar-refractivity contribution in [1.29, 1.82) is 0 Å². The number of nitrogens with two attached hydrogens (primary N) is 1. The van der Waals surface area contributed by atoms with Crippen molar-refractivity contribution in [2.24, 2.45) is 5.16 Å². The highest BCUT2D eigenvalue weighted by Crippen LogP contribution is 2.40. The molecule has 1 unspecified atom stereocenters. The van der Waals surface area contributed by atoms with E-state index in [9.17, 15) is 19.5 Å². The summed E-state index contributed by atoms with van der Waals surface area (Å²) in [5.74, 6) is 0.0408. The van der Waals surface area contributed by atoms with E-state index >= 15 is 0 Å². The molecule has 0 aromatic carbocycles. The Kier molecular flexibility index (Phi) is 7.14. The maximum atomic E-state index is 12.9. The standard InChI is InChI=1S/C22H18N6O5S2/c1-2-8-33-27-15(14-11-35-22(23)25-14)18(29)26-16-19(30)28-17(21(31)32)13(10-34-20(16)28)6-5-12-4-3-7-24-9-12/h1,3-7,9,11,16,20H,8,10H2,(H2,23,25)(H,26,29)(H,31,32)/t16?,20-/m0/s1. The van der Waals surface area contributed by atoms with Crippen molar-refractivity contribution >= 4 is 57.8 Å². The number of nitrogens with one attached hydrogen (secondary N) is 1. The minimum Gasteiger partial charge on any atom is -0.477 e. The van der Waals surface area contributed by atoms with Crippen molar-refractivity contribution in [3.8, 4) is 12.3 Å². The van der Waals surface area contributed by atoms with Crippen LogP contribution >= 0.6 is 23.1 Å². The molecule has 0 bridgehead atoms. The van der Waals surface area contributed by atoms with Crippen molar-refractivity contribution in [3.63, 3.8) is 0 Å². The molecule has 0 radical (unpaired) electrons. The van der Waals surface area contributed by atoms with Crippen LogP contribution in [0.15, 0.2) is 52.4 Å². The van der Waals surface area contributed by atoms with E-state index in [1.807, 2.05) is 6.07 Å². The number of thioether (sulfide) groups is 1. The molecule has 0 spiro atoms. The molecule has 4 rings (SSSR count). The molecule has 0 saturated carbocycles. The lowest BCUT2D eigenvalue weighted by Gasteiger charge is -2.49. The fourth-order valence-corrected chi connectivity index (χ4v) is 5.25. The number of carboxylic acid groups (broad SMARTS) is 1. The normalized spacial score (nSPS) is 19.7. The first kappa shape index (κ1) is 24.0. The summed E-state index contributed by atoms with van der Waals surface area (Å²) < 4.78 is 0. The van der Waals surface area contributed by atoms with Crippen LogP contribution in [-0.2, 0) is 19.2 Å². The molecule has 2 atom stereocenters. The quantitative estimate of drug-likeness (QED) is 0.154. The molecule has 2 aromatic rings. The zero-order valence-electron chi connectivity index (χ0n) is 18.0. The summed E-state index contributed by atoms with van der Waals surface area (Å²) in [6.07, 6.45) is 11.8. The highest BCUT2D eigenvalue weighted by Gasteiger charge is 2.54. The number of hydrogen-bond acceptors (Lipinski definition) is 10. The van der Waals surface area contributed by atoms with E-state index in [0.717, 1.165) is 16.9 Å². The summed E-state index contributed by atoms with van der Waals surface area (Å²) >= 11 is 2.44. The van der Waals surface area contributed by atoms with Gasteiger partial charge in [-0.2, -0.15) is 0 Å². The number of aromatic nitrogens is 2. The highest BCUT2D eigenvalue weighted by molar-refractivity contribution is 8.00. The summed E-state index contributed by atoms with van der Waals surface area (Å²) in [5, 5.41) is 17.3. The van der Waals surface area contributed by atoms with Crippen LogP contribution in [0.1, 0.15) is 11.3 Å². The van der Waals surface area contributed by atoms with Gasteiger partial charge in [-0.15, -0.1) is 29.5 Å². The zero-order valence-corrected chi connectivity index (χ0v) is 19.6. The van der Waals surface area contributed by atoms with Crippen molar-refractivity contribution in [2.75, 3.05) is 18.1 Å². The summed E-state index contributed by atoms with van der Waals surface area (Å²) in [6, 6.07) is 2.63. The number of oxime groups is 1. The third-order valence-electron chi connectivity index (χ3n) is 4.93. The van der Waals surface area contributed by atoms with Crippen LogP contribution in [0.3, 0.4) is 0 Å². The number of anilines is 1. The van der Waals surface area contributed by atoms with Crippen LogP contribution in [0.2, 0.25) is 0 Å². The molecule has 2 aliphatic rings. The Bertz CT molecular complexity index is 1300. The van der Waals surface area contributed by atoms with Gasteiger partial charge >= 0.3 is 5.97 Å². The number of nitrogen functional groups attached to an aromatic ring is 1. The molecular weight excluding hydrogens is 492 g/mol. The van der Waals surface area contributed by atoms with Gasteiger partial charge in [-0.25, -0.2) is 9.78 Å². The second-order valence-corrected chi connectivity index (χ2v) is 9.14. The Morgan fingerprint density at radius 3 is 2.94 bits per heavy atom. The first-order valence-electron chi connectivity index (χ1n) is 10.1. The molecule has 0 aliphatic carbocycles. The van der Waals surface area contributed by atoms with Gasteiger partial charge in [0.05, 0.1) is 0 Å². The fourth-order valence-electron chi connectivity index (χ4n) is 3.39. The summed E-state index contributed by atoms with van der Waals surface area (Å²) in [4.78, 5) is 52.0. The van der Waals surface area contributed by atoms with E-state index in [1.165, 1.54) is 22.0 Å². The first-order chi connectivity index (χ1) is 16.9. The van der Waals surface area contributed by atoms with Gasteiger partial charge in [0.15, 0.2) is 17.5 Å². The SMILES string of the molecule is C#CCON=C(C(=O)NC1C(=O)N2C(C(=O)O)=C(C=Cc3cccnc3)CS[C@@H]12)c1csc(N)n1. The number of amides is 2. The number of rotatable bonds is 8. The van der Waals surface area contributed by atoms with Gasteiger partial charge in [-0.05, 0) is 17.2 Å². The molecule has 1 fully saturated rings. The Labute approximate surface area is 207 Å². The molecule has 4 N–H and O–H groups in total.